The van der Waals surface area contributed by atoms with Gasteiger partial charge in [-0.15, -0.1) is 0 Å². The molecule has 0 unspecified atom stereocenters. The topological polar surface area (TPSA) is 97.9 Å². The summed E-state index contributed by atoms with van der Waals surface area (Å²) in [5.74, 6) is 1.12. The van der Waals surface area contributed by atoms with Gasteiger partial charge < -0.3 is 9.42 Å². The van der Waals surface area contributed by atoms with Crippen LogP contribution in [0, 0.1) is 20.8 Å². The fourth-order valence-electron chi connectivity index (χ4n) is 3.45. The maximum atomic E-state index is 12.9. The van der Waals surface area contributed by atoms with Gasteiger partial charge in [-0.2, -0.15) is 0 Å². The van der Waals surface area contributed by atoms with E-state index >= 15 is 0 Å². The molecule has 1 fully saturated rings. The van der Waals surface area contributed by atoms with Crippen LogP contribution in [0.3, 0.4) is 0 Å². The fourth-order valence-corrected chi connectivity index (χ4v) is 3.45. The van der Waals surface area contributed by atoms with E-state index in [1.807, 2.05) is 31.7 Å². The molecular formula is C19H20N6O2. The van der Waals surface area contributed by atoms with Crippen LogP contribution in [-0.4, -0.2) is 42.4 Å². The standard InChI is InChI=1S/C19H20N6O2/c1-11-9-22-15(10-21-11)19(26)25-8-4-5-16(25)14-6-7-20-18(23-14)17-12(2)24-27-13(17)3/h6-7,9-10,16H,4-5,8H2,1-3H3/t16-/m1/s1. The van der Waals surface area contributed by atoms with Gasteiger partial charge in [-0.1, -0.05) is 5.16 Å². The summed E-state index contributed by atoms with van der Waals surface area (Å²) in [5.41, 5.74) is 3.50. The minimum atomic E-state index is -0.123. The Hall–Kier alpha value is -3.16. The summed E-state index contributed by atoms with van der Waals surface area (Å²) >= 11 is 0. The summed E-state index contributed by atoms with van der Waals surface area (Å²) in [6.45, 7) is 6.22. The second kappa shape index (κ2) is 6.86. The predicted octanol–water partition coefficient (Wildman–Crippen LogP) is 2.82. The number of hydrogen-bond donors (Lipinski definition) is 0. The Balaban J connectivity index is 1.65. The number of nitrogens with zero attached hydrogens (tertiary/aromatic N) is 6. The number of likely N-dealkylation sites (tertiary alicyclic amines) is 1. The molecule has 0 N–H and O–H groups in total. The molecule has 1 amide bonds. The Bertz CT molecular complexity index is 963. The molecule has 0 saturated carbocycles. The molecule has 4 heterocycles. The van der Waals surface area contributed by atoms with Crippen molar-refractivity contribution in [2.45, 2.75) is 39.7 Å². The van der Waals surface area contributed by atoms with Gasteiger partial charge in [0.25, 0.3) is 5.91 Å². The lowest BCUT2D eigenvalue weighted by Gasteiger charge is -2.24. The van der Waals surface area contributed by atoms with Crippen molar-refractivity contribution in [3.63, 3.8) is 0 Å². The van der Waals surface area contributed by atoms with Crippen molar-refractivity contribution < 1.29 is 9.32 Å². The van der Waals surface area contributed by atoms with E-state index in [1.54, 1.807) is 12.4 Å². The van der Waals surface area contributed by atoms with E-state index in [-0.39, 0.29) is 11.9 Å². The van der Waals surface area contributed by atoms with Gasteiger partial charge in [0.1, 0.15) is 11.5 Å². The van der Waals surface area contributed by atoms with Crippen molar-refractivity contribution in [3.8, 4) is 11.4 Å². The van der Waals surface area contributed by atoms with Crippen LogP contribution in [0.25, 0.3) is 11.4 Å². The molecular weight excluding hydrogens is 344 g/mol. The number of aryl methyl sites for hydroxylation is 3. The molecule has 1 aliphatic rings. The van der Waals surface area contributed by atoms with Gasteiger partial charge in [0.15, 0.2) is 5.82 Å². The van der Waals surface area contributed by atoms with Gasteiger partial charge in [0.2, 0.25) is 0 Å². The van der Waals surface area contributed by atoms with E-state index in [0.29, 0.717) is 23.8 Å². The van der Waals surface area contributed by atoms with E-state index in [1.165, 1.54) is 6.20 Å². The fraction of sp³-hybridized carbons (Fsp3) is 0.368. The maximum absolute atomic E-state index is 12.9. The van der Waals surface area contributed by atoms with Gasteiger partial charge >= 0.3 is 0 Å². The van der Waals surface area contributed by atoms with Crippen LogP contribution in [-0.2, 0) is 0 Å². The molecule has 138 valence electrons. The molecule has 8 heteroatoms. The largest absolute Gasteiger partial charge is 0.361 e. The van der Waals surface area contributed by atoms with Crippen molar-refractivity contribution in [1.82, 2.24) is 30.0 Å². The molecule has 1 saturated heterocycles. The van der Waals surface area contributed by atoms with Gasteiger partial charge in [-0.25, -0.2) is 15.0 Å². The monoisotopic (exact) mass is 364 g/mol. The quantitative estimate of drug-likeness (QED) is 0.705. The zero-order chi connectivity index (χ0) is 19.0. The first-order valence-electron chi connectivity index (χ1n) is 8.90. The zero-order valence-electron chi connectivity index (χ0n) is 15.5. The molecule has 27 heavy (non-hydrogen) atoms. The lowest BCUT2D eigenvalue weighted by Crippen LogP contribution is -2.31. The first-order chi connectivity index (χ1) is 13.0. The number of carbonyl (C=O) groups is 1. The van der Waals surface area contributed by atoms with Gasteiger partial charge in [-0.05, 0) is 39.7 Å². The first-order valence-corrected chi connectivity index (χ1v) is 8.90. The lowest BCUT2D eigenvalue weighted by molar-refractivity contribution is 0.0726. The van der Waals surface area contributed by atoms with Gasteiger partial charge in [-0.3, -0.25) is 9.78 Å². The smallest absolute Gasteiger partial charge is 0.274 e. The average molecular weight is 364 g/mol. The van der Waals surface area contributed by atoms with Crippen molar-refractivity contribution in [3.05, 3.63) is 53.2 Å². The van der Waals surface area contributed by atoms with Crippen LogP contribution >= 0.6 is 0 Å². The molecule has 3 aromatic rings. The molecule has 0 spiro atoms. The third-order valence-corrected chi connectivity index (χ3v) is 4.79. The SMILES string of the molecule is Cc1cnc(C(=O)N2CCC[C@@H]2c2ccnc(-c3c(C)noc3C)n2)cn1. The van der Waals surface area contributed by atoms with Crippen LogP contribution in [0.1, 0.15) is 52.2 Å². The van der Waals surface area contributed by atoms with E-state index in [4.69, 9.17) is 9.51 Å². The van der Waals surface area contributed by atoms with Crippen molar-refractivity contribution in [2.75, 3.05) is 6.54 Å². The summed E-state index contributed by atoms with van der Waals surface area (Å²) in [5, 5.41) is 3.97. The number of aromatic nitrogens is 5. The Morgan fingerprint density at radius 1 is 1.19 bits per heavy atom. The first kappa shape index (κ1) is 17.3. The van der Waals surface area contributed by atoms with E-state index in [9.17, 15) is 4.79 Å². The van der Waals surface area contributed by atoms with Crippen LogP contribution in [0.15, 0.2) is 29.2 Å². The molecule has 3 aromatic heterocycles. The summed E-state index contributed by atoms with van der Waals surface area (Å²) < 4.78 is 5.23. The van der Waals surface area contributed by atoms with Crippen LogP contribution in [0.2, 0.25) is 0 Å². The number of carbonyl (C=O) groups excluding carboxylic acids is 1. The zero-order valence-corrected chi connectivity index (χ0v) is 15.5. The Morgan fingerprint density at radius 2 is 2.04 bits per heavy atom. The highest BCUT2D eigenvalue weighted by atomic mass is 16.5. The highest BCUT2D eigenvalue weighted by Gasteiger charge is 2.32. The minimum absolute atomic E-state index is 0.108. The van der Waals surface area contributed by atoms with Crippen molar-refractivity contribution >= 4 is 5.91 Å². The lowest BCUT2D eigenvalue weighted by atomic mass is 10.1. The number of amides is 1. The molecule has 8 nitrogen and oxygen atoms in total. The summed E-state index contributed by atoms with van der Waals surface area (Å²) in [7, 11) is 0. The van der Waals surface area contributed by atoms with Gasteiger partial charge in [0, 0.05) is 18.9 Å². The molecule has 0 aromatic carbocycles. The summed E-state index contributed by atoms with van der Waals surface area (Å²) in [4.78, 5) is 32.2. The third kappa shape index (κ3) is 3.18. The second-order valence-electron chi connectivity index (χ2n) is 6.70. The second-order valence-corrected chi connectivity index (χ2v) is 6.70. The minimum Gasteiger partial charge on any atom is -0.361 e. The normalized spacial score (nSPS) is 16.7. The van der Waals surface area contributed by atoms with E-state index in [0.717, 1.165) is 35.5 Å². The van der Waals surface area contributed by atoms with Crippen molar-refractivity contribution in [1.29, 1.82) is 0 Å². The highest BCUT2D eigenvalue weighted by molar-refractivity contribution is 5.92. The van der Waals surface area contributed by atoms with Crippen molar-refractivity contribution in [2.24, 2.45) is 0 Å². The molecule has 1 aliphatic heterocycles. The summed E-state index contributed by atoms with van der Waals surface area (Å²) in [6.07, 6.45) is 6.63. The van der Waals surface area contributed by atoms with Crippen LogP contribution in [0.5, 0.6) is 0 Å². The maximum Gasteiger partial charge on any atom is 0.274 e. The van der Waals surface area contributed by atoms with Crippen LogP contribution < -0.4 is 0 Å². The molecule has 0 radical (unpaired) electrons. The number of rotatable bonds is 3. The molecule has 4 rings (SSSR count). The Kier molecular flexibility index (Phi) is 4.39. The Labute approximate surface area is 156 Å². The number of hydrogen-bond acceptors (Lipinski definition) is 7. The summed E-state index contributed by atoms with van der Waals surface area (Å²) in [6, 6.07) is 1.75. The highest BCUT2D eigenvalue weighted by Crippen LogP contribution is 2.33. The van der Waals surface area contributed by atoms with E-state index < -0.39 is 0 Å². The molecule has 0 bridgehead atoms. The molecule has 1 atom stereocenters. The van der Waals surface area contributed by atoms with Crippen LogP contribution in [0.4, 0.5) is 0 Å². The van der Waals surface area contributed by atoms with Gasteiger partial charge in [0.05, 0.1) is 34.9 Å². The molecule has 0 aliphatic carbocycles. The predicted molar refractivity (Wildman–Crippen MR) is 96.8 cm³/mol. The average Bonchev–Trinajstić information content (AvgIpc) is 3.29. The van der Waals surface area contributed by atoms with E-state index in [2.05, 4.69) is 20.1 Å². The third-order valence-electron chi connectivity index (χ3n) is 4.79. The Morgan fingerprint density at radius 3 is 2.74 bits per heavy atom.